The number of tetrazole rings is 1. The van der Waals surface area contributed by atoms with E-state index in [1.165, 1.54) is 4.90 Å². The van der Waals surface area contributed by atoms with E-state index in [4.69, 9.17) is 0 Å². The third-order valence-electron chi connectivity index (χ3n) is 8.30. The van der Waals surface area contributed by atoms with Crippen LogP contribution >= 0.6 is 9.24 Å². The van der Waals surface area contributed by atoms with Crippen molar-refractivity contribution in [3.63, 3.8) is 0 Å². The van der Waals surface area contributed by atoms with E-state index in [2.05, 4.69) is 46.0 Å². The number of rotatable bonds is 15. The summed E-state index contributed by atoms with van der Waals surface area (Å²) >= 11 is 0. The van der Waals surface area contributed by atoms with Crippen LogP contribution in [0.15, 0.2) is 60.7 Å². The molecule has 15 nitrogen and oxygen atoms in total. The Hall–Kier alpha value is -5.04. The van der Waals surface area contributed by atoms with Crippen LogP contribution in [0.5, 0.6) is 0 Å². The van der Waals surface area contributed by atoms with Gasteiger partial charge in [-0.05, 0) is 61.6 Å². The van der Waals surface area contributed by atoms with Crippen molar-refractivity contribution in [3.8, 4) is 0 Å². The third kappa shape index (κ3) is 10.5. The van der Waals surface area contributed by atoms with E-state index in [1.54, 1.807) is 11.6 Å². The fourth-order valence-corrected chi connectivity index (χ4v) is 6.16. The molecule has 0 bridgehead atoms. The van der Waals surface area contributed by atoms with Crippen LogP contribution in [-0.2, 0) is 40.7 Å². The van der Waals surface area contributed by atoms with Gasteiger partial charge in [-0.15, -0.1) is 14.3 Å². The van der Waals surface area contributed by atoms with Gasteiger partial charge in [0.05, 0.1) is 24.5 Å². The highest BCUT2D eigenvalue weighted by atomic mass is 31.0. The summed E-state index contributed by atoms with van der Waals surface area (Å²) < 4.78 is 1.60. The number of benzene rings is 2. The second-order valence-electron chi connectivity index (χ2n) is 13.3. The van der Waals surface area contributed by atoms with Gasteiger partial charge >= 0.3 is 0 Å². The molecule has 0 spiro atoms. The number of aromatic nitrogens is 4. The van der Waals surface area contributed by atoms with Crippen molar-refractivity contribution in [1.29, 1.82) is 0 Å². The van der Waals surface area contributed by atoms with Crippen LogP contribution in [-0.4, -0.2) is 91.4 Å². The number of nitrogens with zero attached hydrogens (tertiary/aromatic N) is 5. The van der Waals surface area contributed by atoms with Gasteiger partial charge in [0.1, 0.15) is 17.9 Å². The topological polar surface area (TPSA) is 197 Å². The first-order valence-corrected chi connectivity index (χ1v) is 17.6. The van der Waals surface area contributed by atoms with Crippen molar-refractivity contribution >= 4 is 44.6 Å². The molecule has 5 amide bonds. The number of ketones is 1. The van der Waals surface area contributed by atoms with E-state index in [0.29, 0.717) is 37.2 Å². The molecule has 0 radical (unpaired) electrons. The number of nitrogens with one attached hydrogen (secondary N) is 4. The number of hydrogen-bond acceptors (Lipinski definition) is 9. The standard InChI is InChI=1S/C35H46N9O6P/c1-5-13-24(37-31(48)25-18-12-19-43(25)34(50)33(51)39-26(45)20-22-14-8-6-9-15-22)29(47)32(49)36-21-27(46)38-28(23-16-10-7-11-17-23)30-40-41-42-44(30)35(2,3)4/h6-11,14-17,24-25,28,33H,5,12-13,18-21,51H2,1-4H3,(H,36,49)(H,37,48)(H,38,46)(H,39,45)/t24?,25-,28?,33-/m0/s1. The molecule has 1 saturated heterocycles. The highest BCUT2D eigenvalue weighted by Gasteiger charge is 2.38. The van der Waals surface area contributed by atoms with Crippen LogP contribution in [0.2, 0.25) is 0 Å². The Kier molecular flexibility index (Phi) is 13.5. The number of hydrogen-bond donors (Lipinski definition) is 4. The molecule has 51 heavy (non-hydrogen) atoms. The van der Waals surface area contributed by atoms with E-state index in [1.807, 2.05) is 81.4 Å². The zero-order valence-corrected chi connectivity index (χ0v) is 30.5. The minimum Gasteiger partial charge on any atom is -0.344 e. The lowest BCUT2D eigenvalue weighted by molar-refractivity contribution is -0.142. The number of carbonyl (C=O) groups is 6. The summed E-state index contributed by atoms with van der Waals surface area (Å²) in [6.07, 6.45) is 1.64. The first-order chi connectivity index (χ1) is 24.3. The average molecular weight is 720 g/mol. The van der Waals surface area contributed by atoms with Gasteiger partial charge in [-0.3, -0.25) is 28.8 Å². The van der Waals surface area contributed by atoms with Gasteiger partial charge in [0.25, 0.3) is 5.91 Å². The maximum atomic E-state index is 13.4. The van der Waals surface area contributed by atoms with Crippen LogP contribution in [0.1, 0.15) is 76.4 Å². The zero-order chi connectivity index (χ0) is 37.1. The Labute approximate surface area is 299 Å². The van der Waals surface area contributed by atoms with Crippen LogP contribution < -0.4 is 21.3 Å². The molecule has 0 saturated carbocycles. The van der Waals surface area contributed by atoms with Gasteiger partial charge in [0.15, 0.2) is 5.82 Å². The summed E-state index contributed by atoms with van der Waals surface area (Å²) in [7, 11) is 2.31. The lowest BCUT2D eigenvalue weighted by Crippen LogP contribution is -2.55. The molecular formula is C35H46N9O6P. The minimum atomic E-state index is -1.17. The number of likely N-dealkylation sites (tertiary alicyclic amines) is 1. The summed E-state index contributed by atoms with van der Waals surface area (Å²) in [6, 6.07) is 15.4. The van der Waals surface area contributed by atoms with Crippen molar-refractivity contribution in [2.24, 2.45) is 0 Å². The summed E-state index contributed by atoms with van der Waals surface area (Å²) in [5, 5.41) is 22.6. The molecule has 0 aliphatic carbocycles. The van der Waals surface area contributed by atoms with E-state index in [9.17, 15) is 28.8 Å². The van der Waals surface area contributed by atoms with Crippen LogP contribution in [0.4, 0.5) is 0 Å². The molecule has 2 aromatic carbocycles. The molecular weight excluding hydrogens is 673 g/mol. The third-order valence-corrected chi connectivity index (χ3v) is 8.75. The van der Waals surface area contributed by atoms with Gasteiger partial charge < -0.3 is 26.2 Å². The average Bonchev–Trinajstić information content (AvgIpc) is 3.80. The lowest BCUT2D eigenvalue weighted by Gasteiger charge is -2.28. The number of Topliss-reactive ketones (excluding diaryl/α,β-unsaturated/α-hetero) is 1. The summed E-state index contributed by atoms with van der Waals surface area (Å²) in [4.78, 5) is 80.0. The number of carbonyl (C=O) groups excluding carboxylic acids is 6. The van der Waals surface area contributed by atoms with Gasteiger partial charge in [0.2, 0.25) is 29.4 Å². The van der Waals surface area contributed by atoms with E-state index in [-0.39, 0.29) is 18.7 Å². The maximum absolute atomic E-state index is 13.4. The summed E-state index contributed by atoms with van der Waals surface area (Å²) in [5.41, 5.74) is 1.01. The monoisotopic (exact) mass is 719 g/mol. The molecule has 1 aliphatic heterocycles. The normalized spacial score (nSPS) is 16.0. The molecule has 16 heteroatoms. The fourth-order valence-electron chi connectivity index (χ4n) is 5.79. The Morgan fingerprint density at radius 1 is 0.922 bits per heavy atom. The van der Waals surface area contributed by atoms with Crippen molar-refractivity contribution in [3.05, 3.63) is 77.6 Å². The molecule has 4 N–H and O–H groups in total. The van der Waals surface area contributed by atoms with Gasteiger partial charge in [-0.25, -0.2) is 4.68 Å². The van der Waals surface area contributed by atoms with Crippen LogP contribution in [0.25, 0.3) is 0 Å². The Morgan fingerprint density at radius 2 is 1.59 bits per heavy atom. The highest BCUT2D eigenvalue weighted by molar-refractivity contribution is 7.19. The fraction of sp³-hybridized carbons (Fsp3) is 0.457. The SMILES string of the molecule is CCCC(NC(=O)[C@@H]1CCCN1C(=O)[C@H](P)NC(=O)Cc1ccccc1)C(=O)C(=O)NCC(=O)NC(c1ccccc1)c1nnnn1C(C)(C)C. The number of amides is 5. The van der Waals surface area contributed by atoms with Crippen molar-refractivity contribution in [2.45, 2.75) is 89.2 Å². The lowest BCUT2D eigenvalue weighted by atomic mass is 10.0. The van der Waals surface area contributed by atoms with Crippen LogP contribution in [0, 0.1) is 0 Å². The Bertz CT molecular complexity index is 1700. The van der Waals surface area contributed by atoms with Gasteiger partial charge in [-0.1, -0.05) is 74.0 Å². The first-order valence-electron chi connectivity index (χ1n) is 16.9. The molecule has 5 atom stereocenters. The van der Waals surface area contributed by atoms with Crippen LogP contribution in [0.3, 0.4) is 0 Å². The van der Waals surface area contributed by atoms with Crippen molar-refractivity contribution in [2.75, 3.05) is 13.1 Å². The maximum Gasteiger partial charge on any atom is 0.290 e. The first kappa shape index (κ1) is 38.8. The second-order valence-corrected chi connectivity index (χ2v) is 14.0. The van der Waals surface area contributed by atoms with Gasteiger partial charge in [-0.2, -0.15) is 0 Å². The highest BCUT2D eigenvalue weighted by Crippen LogP contribution is 2.24. The van der Waals surface area contributed by atoms with E-state index >= 15 is 0 Å². The predicted molar refractivity (Wildman–Crippen MR) is 191 cm³/mol. The quantitative estimate of drug-likeness (QED) is 0.132. The Balaban J connectivity index is 1.34. The van der Waals surface area contributed by atoms with E-state index in [0.717, 1.165) is 5.56 Å². The molecule has 3 aromatic rings. The summed E-state index contributed by atoms with van der Waals surface area (Å²) in [6.45, 7) is 7.34. The van der Waals surface area contributed by atoms with Crippen molar-refractivity contribution < 1.29 is 28.8 Å². The molecule has 4 rings (SSSR count). The minimum absolute atomic E-state index is 0.0958. The smallest absolute Gasteiger partial charge is 0.290 e. The molecule has 1 fully saturated rings. The summed E-state index contributed by atoms with van der Waals surface area (Å²) in [5.74, 6) is -4.48. The predicted octanol–water partition coefficient (Wildman–Crippen LogP) is 1.16. The molecule has 1 aromatic heterocycles. The largest absolute Gasteiger partial charge is 0.344 e. The van der Waals surface area contributed by atoms with Crippen molar-refractivity contribution in [1.82, 2.24) is 46.4 Å². The zero-order valence-electron chi connectivity index (χ0n) is 29.3. The molecule has 2 heterocycles. The molecule has 1 aliphatic rings. The molecule has 272 valence electrons. The second kappa shape index (κ2) is 17.8. The van der Waals surface area contributed by atoms with E-state index < -0.39 is 65.4 Å². The Morgan fingerprint density at radius 3 is 2.24 bits per heavy atom. The molecule has 3 unspecified atom stereocenters. The van der Waals surface area contributed by atoms with Gasteiger partial charge in [0, 0.05) is 6.54 Å².